The summed E-state index contributed by atoms with van der Waals surface area (Å²) in [5.41, 5.74) is 3.60. The van der Waals surface area contributed by atoms with Crippen molar-refractivity contribution in [3.63, 3.8) is 0 Å². The van der Waals surface area contributed by atoms with E-state index in [2.05, 4.69) is 19.9 Å². The Morgan fingerprint density at radius 1 is 1.33 bits per heavy atom. The van der Waals surface area contributed by atoms with Crippen LogP contribution in [0.1, 0.15) is 17.0 Å². The summed E-state index contributed by atoms with van der Waals surface area (Å²) in [5, 5.41) is 0. The fourth-order valence-electron chi connectivity index (χ4n) is 2.23. The summed E-state index contributed by atoms with van der Waals surface area (Å²) in [7, 11) is 1.56. The molecule has 0 aliphatic rings. The minimum Gasteiger partial charge on any atom is -0.479 e. The van der Waals surface area contributed by atoms with E-state index >= 15 is 0 Å². The van der Waals surface area contributed by atoms with Gasteiger partial charge in [0.15, 0.2) is 11.2 Å². The summed E-state index contributed by atoms with van der Waals surface area (Å²) in [4.78, 5) is 17.0. The second kappa shape index (κ2) is 5.65. The summed E-state index contributed by atoms with van der Waals surface area (Å²) < 4.78 is 7.22. The molecule has 21 heavy (non-hydrogen) atoms. The van der Waals surface area contributed by atoms with Gasteiger partial charge < -0.3 is 9.30 Å². The fourth-order valence-corrected chi connectivity index (χ4v) is 2.43. The van der Waals surface area contributed by atoms with Gasteiger partial charge in [0.25, 0.3) is 0 Å². The average Bonchev–Trinajstić information content (AvgIpc) is 2.87. The number of aromatic nitrogens is 5. The molecule has 0 atom stereocenters. The van der Waals surface area contributed by atoms with Crippen molar-refractivity contribution in [1.82, 2.24) is 24.5 Å². The molecule has 0 saturated carbocycles. The maximum Gasteiger partial charge on any atom is 0.245 e. The van der Waals surface area contributed by atoms with E-state index in [9.17, 15) is 0 Å². The zero-order valence-corrected chi connectivity index (χ0v) is 12.5. The predicted octanol–water partition coefficient (Wildman–Crippen LogP) is 2.33. The predicted molar refractivity (Wildman–Crippen MR) is 79.5 cm³/mol. The van der Waals surface area contributed by atoms with Crippen molar-refractivity contribution >= 4 is 22.8 Å². The first kappa shape index (κ1) is 13.8. The van der Waals surface area contributed by atoms with Gasteiger partial charge >= 0.3 is 0 Å². The summed E-state index contributed by atoms with van der Waals surface area (Å²) in [6, 6.07) is 1.98. The lowest BCUT2D eigenvalue weighted by Crippen LogP contribution is -2.06. The van der Waals surface area contributed by atoms with Crippen LogP contribution in [0.3, 0.4) is 0 Å². The topological polar surface area (TPSA) is 65.7 Å². The van der Waals surface area contributed by atoms with Gasteiger partial charge in [-0.15, -0.1) is 11.6 Å². The molecule has 7 heteroatoms. The van der Waals surface area contributed by atoms with Gasteiger partial charge in [-0.1, -0.05) is 0 Å². The highest BCUT2D eigenvalue weighted by Gasteiger charge is 2.16. The molecule has 0 aliphatic heterocycles. The molecule has 0 aromatic carbocycles. The van der Waals surface area contributed by atoms with E-state index in [1.165, 1.54) is 6.33 Å². The first-order valence-electron chi connectivity index (χ1n) is 6.44. The lowest BCUT2D eigenvalue weighted by molar-refractivity contribution is 0.401. The van der Waals surface area contributed by atoms with E-state index in [0.717, 1.165) is 17.0 Å². The van der Waals surface area contributed by atoms with Crippen LogP contribution in [0, 0.1) is 6.92 Å². The van der Waals surface area contributed by atoms with Crippen molar-refractivity contribution in [2.24, 2.45) is 0 Å². The zero-order chi connectivity index (χ0) is 14.8. The molecule has 3 rings (SSSR count). The number of fused-ring (bicyclic) bond motifs is 1. The van der Waals surface area contributed by atoms with Crippen LogP contribution in [0.4, 0.5) is 0 Å². The highest BCUT2D eigenvalue weighted by Crippen LogP contribution is 2.23. The minimum atomic E-state index is 0.295. The maximum atomic E-state index is 6.02. The van der Waals surface area contributed by atoms with Crippen LogP contribution in [0.5, 0.6) is 5.88 Å². The van der Waals surface area contributed by atoms with Crippen molar-refractivity contribution < 1.29 is 4.74 Å². The van der Waals surface area contributed by atoms with Crippen LogP contribution in [-0.2, 0) is 12.4 Å². The number of hydrogen-bond donors (Lipinski definition) is 0. The highest BCUT2D eigenvalue weighted by molar-refractivity contribution is 6.16. The number of ether oxygens (including phenoxy) is 1. The SMILES string of the molecule is COc1ncnc2c1nc(CCl)n2Cc1ccncc1C. The van der Waals surface area contributed by atoms with Crippen molar-refractivity contribution in [1.29, 1.82) is 0 Å². The van der Waals surface area contributed by atoms with Gasteiger partial charge in [-0.2, -0.15) is 4.98 Å². The number of alkyl halides is 1. The Morgan fingerprint density at radius 2 is 2.19 bits per heavy atom. The molecule has 0 fully saturated rings. The van der Waals surface area contributed by atoms with E-state index in [0.29, 0.717) is 29.5 Å². The van der Waals surface area contributed by atoms with E-state index in [4.69, 9.17) is 16.3 Å². The molecule has 0 radical (unpaired) electrons. The smallest absolute Gasteiger partial charge is 0.245 e. The molecule has 0 spiro atoms. The highest BCUT2D eigenvalue weighted by atomic mass is 35.5. The number of pyridine rings is 1. The van der Waals surface area contributed by atoms with Gasteiger partial charge in [0, 0.05) is 12.4 Å². The Bertz CT molecular complexity index is 786. The van der Waals surface area contributed by atoms with Crippen LogP contribution in [0.15, 0.2) is 24.8 Å². The first-order valence-corrected chi connectivity index (χ1v) is 6.97. The van der Waals surface area contributed by atoms with Crippen LogP contribution in [0.25, 0.3) is 11.2 Å². The number of hydrogen-bond acceptors (Lipinski definition) is 5. The van der Waals surface area contributed by atoms with Crippen LogP contribution in [-0.4, -0.2) is 31.6 Å². The average molecular weight is 304 g/mol. The molecule has 0 N–H and O–H groups in total. The number of rotatable bonds is 4. The summed E-state index contributed by atoms with van der Waals surface area (Å²) in [6.07, 6.45) is 5.08. The number of nitrogens with zero attached hydrogens (tertiary/aromatic N) is 5. The zero-order valence-electron chi connectivity index (χ0n) is 11.7. The summed E-state index contributed by atoms with van der Waals surface area (Å²) in [5.74, 6) is 1.49. The van der Waals surface area contributed by atoms with Crippen molar-refractivity contribution in [2.45, 2.75) is 19.3 Å². The second-order valence-electron chi connectivity index (χ2n) is 4.61. The van der Waals surface area contributed by atoms with E-state index in [1.54, 1.807) is 13.3 Å². The lowest BCUT2D eigenvalue weighted by Gasteiger charge is -2.09. The van der Waals surface area contributed by atoms with Gasteiger partial charge in [-0.3, -0.25) is 4.98 Å². The minimum absolute atomic E-state index is 0.295. The summed E-state index contributed by atoms with van der Waals surface area (Å²) in [6.45, 7) is 2.66. The van der Waals surface area contributed by atoms with Gasteiger partial charge in [0.05, 0.1) is 19.5 Å². The molecule has 3 aromatic rings. The Balaban J connectivity index is 2.15. The van der Waals surface area contributed by atoms with Crippen molar-refractivity contribution in [3.05, 3.63) is 41.7 Å². The quantitative estimate of drug-likeness (QED) is 0.692. The summed E-state index contributed by atoms with van der Waals surface area (Å²) >= 11 is 6.02. The molecule has 0 amide bonds. The Morgan fingerprint density at radius 3 is 2.90 bits per heavy atom. The monoisotopic (exact) mass is 303 g/mol. The largest absolute Gasteiger partial charge is 0.479 e. The van der Waals surface area contributed by atoms with Crippen LogP contribution in [0.2, 0.25) is 0 Å². The van der Waals surface area contributed by atoms with Gasteiger partial charge in [-0.05, 0) is 24.1 Å². The van der Waals surface area contributed by atoms with Gasteiger partial charge in [-0.25, -0.2) is 9.97 Å². The maximum absolute atomic E-state index is 6.02. The number of methoxy groups -OCH3 is 1. The first-order chi connectivity index (χ1) is 10.2. The van der Waals surface area contributed by atoms with Crippen LogP contribution < -0.4 is 4.74 Å². The Labute approximate surface area is 126 Å². The molecule has 108 valence electrons. The Hall–Kier alpha value is -2.21. The van der Waals surface area contributed by atoms with E-state index in [-0.39, 0.29) is 0 Å². The third kappa shape index (κ3) is 2.42. The third-order valence-electron chi connectivity index (χ3n) is 3.36. The Kier molecular flexibility index (Phi) is 3.70. The van der Waals surface area contributed by atoms with E-state index in [1.807, 2.05) is 23.8 Å². The molecule has 6 nitrogen and oxygen atoms in total. The fraction of sp³-hybridized carbons (Fsp3) is 0.286. The van der Waals surface area contributed by atoms with E-state index < -0.39 is 0 Å². The molecular weight excluding hydrogens is 290 g/mol. The number of imidazole rings is 1. The van der Waals surface area contributed by atoms with Crippen LogP contribution >= 0.6 is 11.6 Å². The van der Waals surface area contributed by atoms with Gasteiger partial charge in [0.2, 0.25) is 5.88 Å². The molecule has 0 aliphatic carbocycles. The molecular formula is C14H14ClN5O. The molecule has 0 unspecified atom stereocenters. The standard InChI is InChI=1S/C14H14ClN5O/c1-9-6-16-4-3-10(9)7-20-11(5-15)19-12-13(20)17-8-18-14(12)21-2/h3-4,6,8H,5,7H2,1-2H3. The van der Waals surface area contributed by atoms with Gasteiger partial charge in [0.1, 0.15) is 12.2 Å². The molecule has 0 saturated heterocycles. The van der Waals surface area contributed by atoms with Crippen molar-refractivity contribution in [2.75, 3.05) is 7.11 Å². The van der Waals surface area contributed by atoms with Crippen molar-refractivity contribution in [3.8, 4) is 5.88 Å². The molecule has 3 heterocycles. The third-order valence-corrected chi connectivity index (χ3v) is 3.59. The molecule has 0 bridgehead atoms. The normalized spacial score (nSPS) is 11.0. The lowest BCUT2D eigenvalue weighted by atomic mass is 10.1. The number of halogens is 1. The molecule has 3 aromatic heterocycles. The number of aryl methyl sites for hydroxylation is 1. The second-order valence-corrected chi connectivity index (χ2v) is 4.87.